The molecule has 1 atom stereocenters. The fourth-order valence-electron chi connectivity index (χ4n) is 5.06. The number of phenols is 1. The molecule has 2 N–H and O–H groups in total. The van der Waals surface area contributed by atoms with E-state index in [4.69, 9.17) is 9.47 Å². The maximum absolute atomic E-state index is 11.3. The van der Waals surface area contributed by atoms with E-state index in [0.717, 1.165) is 44.7 Å². The monoisotopic (exact) mass is 680 g/mol. The van der Waals surface area contributed by atoms with E-state index in [9.17, 15) is 15.0 Å². The van der Waals surface area contributed by atoms with Crippen molar-refractivity contribution >= 4 is 37.8 Å². The Bertz CT molecular complexity index is 1590. The van der Waals surface area contributed by atoms with E-state index in [2.05, 4.69) is 57.8 Å². The highest BCUT2D eigenvalue weighted by Gasteiger charge is 2.28. The van der Waals surface area contributed by atoms with Gasteiger partial charge in [0.2, 0.25) is 0 Å². The summed E-state index contributed by atoms with van der Waals surface area (Å²) in [5.74, 6) is 0.933. The number of methoxy groups -OCH3 is 1. The Morgan fingerprint density at radius 1 is 0.854 bits per heavy atom. The Balaban J connectivity index is 2.02. The molecule has 0 spiro atoms. The first-order chi connectivity index (χ1) is 19.4. The summed E-state index contributed by atoms with van der Waals surface area (Å²) in [6, 6.07) is 19.6. The van der Waals surface area contributed by atoms with Gasteiger partial charge < -0.3 is 19.7 Å². The zero-order valence-corrected chi connectivity index (χ0v) is 27.2. The second kappa shape index (κ2) is 12.7. The summed E-state index contributed by atoms with van der Waals surface area (Å²) in [7, 11) is 1.66. The Morgan fingerprint density at radius 2 is 1.49 bits per heavy atom. The van der Waals surface area contributed by atoms with Crippen LogP contribution in [0.4, 0.5) is 0 Å². The molecule has 41 heavy (non-hydrogen) atoms. The summed E-state index contributed by atoms with van der Waals surface area (Å²) in [6.07, 6.45) is -0.107. The number of carbonyl (C=O) groups is 1. The van der Waals surface area contributed by atoms with Gasteiger partial charge in [-0.1, -0.05) is 49.7 Å². The third-order valence-electron chi connectivity index (χ3n) is 7.25. The van der Waals surface area contributed by atoms with Gasteiger partial charge in [0.25, 0.3) is 0 Å². The number of halogens is 2. The van der Waals surface area contributed by atoms with Crippen molar-refractivity contribution in [3.05, 3.63) is 114 Å². The molecule has 0 aromatic heterocycles. The van der Waals surface area contributed by atoms with Gasteiger partial charge in [-0.15, -0.1) is 0 Å². The van der Waals surface area contributed by atoms with E-state index in [1.165, 1.54) is 0 Å². The zero-order valence-electron chi connectivity index (χ0n) is 24.0. The highest BCUT2D eigenvalue weighted by molar-refractivity contribution is 9.11. The largest absolute Gasteiger partial charge is 0.508 e. The number of hydrogen-bond acceptors (Lipinski definition) is 4. The molecule has 0 saturated heterocycles. The Kier molecular flexibility index (Phi) is 9.50. The summed E-state index contributed by atoms with van der Waals surface area (Å²) in [5, 5.41) is 20.6. The number of carboxylic acids is 1. The molecule has 0 radical (unpaired) electrons. The SMILES string of the molecule is COc1cc(C(c2cccc(C)c2)c2cc(C)c(C)cc2O)c(Oc2c(Br)cc(CC(=O)O)cc2Br)cc1C(C)C. The van der Waals surface area contributed by atoms with Crippen molar-refractivity contribution in [1.82, 2.24) is 0 Å². The van der Waals surface area contributed by atoms with Crippen LogP contribution in [-0.2, 0) is 11.2 Å². The molecule has 0 heterocycles. The molecule has 4 aromatic carbocycles. The maximum atomic E-state index is 11.3. The molecule has 0 aliphatic rings. The van der Waals surface area contributed by atoms with E-state index < -0.39 is 5.97 Å². The van der Waals surface area contributed by atoms with E-state index in [-0.39, 0.29) is 24.0 Å². The Hall–Kier alpha value is -3.29. The van der Waals surface area contributed by atoms with Crippen molar-refractivity contribution in [1.29, 1.82) is 0 Å². The van der Waals surface area contributed by atoms with Crippen molar-refractivity contribution in [3.63, 3.8) is 0 Å². The van der Waals surface area contributed by atoms with Crippen LogP contribution in [0.2, 0.25) is 0 Å². The van der Waals surface area contributed by atoms with E-state index >= 15 is 0 Å². The van der Waals surface area contributed by atoms with Gasteiger partial charge in [-0.3, -0.25) is 4.79 Å². The van der Waals surface area contributed by atoms with Gasteiger partial charge in [0, 0.05) is 22.6 Å². The van der Waals surface area contributed by atoms with Crippen molar-refractivity contribution in [2.24, 2.45) is 0 Å². The maximum Gasteiger partial charge on any atom is 0.307 e. The van der Waals surface area contributed by atoms with Crippen LogP contribution in [0.5, 0.6) is 23.0 Å². The zero-order chi connectivity index (χ0) is 30.0. The summed E-state index contributed by atoms with van der Waals surface area (Å²) >= 11 is 7.20. The fraction of sp³-hybridized carbons (Fsp3) is 0.265. The number of ether oxygens (including phenoxy) is 2. The minimum atomic E-state index is -0.911. The second-order valence-corrected chi connectivity index (χ2v) is 12.4. The lowest BCUT2D eigenvalue weighted by molar-refractivity contribution is -0.136. The fourth-order valence-corrected chi connectivity index (χ4v) is 6.50. The summed E-state index contributed by atoms with van der Waals surface area (Å²) in [4.78, 5) is 11.3. The molecule has 4 rings (SSSR count). The lowest BCUT2D eigenvalue weighted by atomic mass is 9.81. The Labute approximate surface area is 258 Å². The van der Waals surface area contributed by atoms with E-state index in [1.807, 2.05) is 57.2 Å². The molecule has 7 heteroatoms. The molecular formula is C34H34Br2O5. The number of phenolic OH excluding ortho intramolecular Hbond substituents is 1. The van der Waals surface area contributed by atoms with Crippen LogP contribution in [0.1, 0.15) is 70.2 Å². The third-order valence-corrected chi connectivity index (χ3v) is 8.43. The van der Waals surface area contributed by atoms with Crippen molar-refractivity contribution in [2.75, 3.05) is 7.11 Å². The van der Waals surface area contributed by atoms with Gasteiger partial charge in [0.05, 0.1) is 22.5 Å². The van der Waals surface area contributed by atoms with Crippen LogP contribution in [0, 0.1) is 20.8 Å². The lowest BCUT2D eigenvalue weighted by Gasteiger charge is -2.26. The van der Waals surface area contributed by atoms with Crippen LogP contribution in [0.25, 0.3) is 0 Å². The van der Waals surface area contributed by atoms with Crippen molar-refractivity contribution in [2.45, 2.75) is 52.9 Å². The molecule has 4 aromatic rings. The average molecular weight is 682 g/mol. The number of carboxylic acid groups (broad SMARTS) is 1. The number of aliphatic carboxylic acids is 1. The molecule has 0 bridgehead atoms. The first kappa shape index (κ1) is 30.7. The first-order valence-electron chi connectivity index (χ1n) is 13.4. The molecule has 0 saturated carbocycles. The molecule has 0 aliphatic carbocycles. The van der Waals surface area contributed by atoms with E-state index in [1.54, 1.807) is 19.2 Å². The van der Waals surface area contributed by atoms with Gasteiger partial charge in [-0.05, 0) is 111 Å². The minimum absolute atomic E-state index is 0.107. The van der Waals surface area contributed by atoms with Crippen LogP contribution in [-0.4, -0.2) is 23.3 Å². The van der Waals surface area contributed by atoms with Crippen LogP contribution in [0.15, 0.2) is 69.6 Å². The topological polar surface area (TPSA) is 76.0 Å². The van der Waals surface area contributed by atoms with E-state index in [0.29, 0.717) is 26.0 Å². The van der Waals surface area contributed by atoms with Crippen LogP contribution < -0.4 is 9.47 Å². The third kappa shape index (κ3) is 6.79. The molecule has 0 fully saturated rings. The number of aryl methyl sites for hydroxylation is 3. The van der Waals surface area contributed by atoms with Crippen molar-refractivity contribution < 1.29 is 24.5 Å². The molecule has 0 aliphatic heterocycles. The van der Waals surface area contributed by atoms with Gasteiger partial charge in [0.1, 0.15) is 17.2 Å². The minimum Gasteiger partial charge on any atom is -0.508 e. The van der Waals surface area contributed by atoms with Gasteiger partial charge in [0.15, 0.2) is 5.75 Å². The highest BCUT2D eigenvalue weighted by atomic mass is 79.9. The van der Waals surface area contributed by atoms with Crippen LogP contribution >= 0.6 is 31.9 Å². The molecular weight excluding hydrogens is 648 g/mol. The highest BCUT2D eigenvalue weighted by Crippen LogP contribution is 2.48. The molecule has 214 valence electrons. The average Bonchev–Trinajstić information content (AvgIpc) is 2.89. The van der Waals surface area contributed by atoms with Gasteiger partial charge >= 0.3 is 5.97 Å². The predicted molar refractivity (Wildman–Crippen MR) is 170 cm³/mol. The first-order valence-corrected chi connectivity index (χ1v) is 14.9. The number of benzene rings is 4. The Morgan fingerprint density at radius 3 is 2.07 bits per heavy atom. The molecule has 1 unspecified atom stereocenters. The van der Waals surface area contributed by atoms with Gasteiger partial charge in [-0.2, -0.15) is 0 Å². The standard InChI is InChI=1S/C34H34Br2O5/c1-18(2)24-16-31(41-34-27(35)13-22(14-28(34)36)15-32(38)39)26(17-30(24)40-6)33(23-9-7-8-19(3)10-23)25-11-20(4)21(5)12-29(25)37/h7-14,16-18,33,37H,15H2,1-6H3,(H,38,39). The van der Waals surface area contributed by atoms with Crippen molar-refractivity contribution in [3.8, 4) is 23.0 Å². The number of aromatic hydroxyl groups is 1. The molecule has 0 amide bonds. The van der Waals surface area contributed by atoms with Crippen LogP contribution in [0.3, 0.4) is 0 Å². The number of hydrogen-bond donors (Lipinski definition) is 2. The summed E-state index contributed by atoms with van der Waals surface area (Å²) in [5.41, 5.74) is 7.39. The lowest BCUT2D eigenvalue weighted by Crippen LogP contribution is -2.09. The molecule has 5 nitrogen and oxygen atoms in total. The predicted octanol–water partition coefficient (Wildman–Crippen LogP) is 9.57. The van der Waals surface area contributed by atoms with Gasteiger partial charge in [-0.25, -0.2) is 0 Å². The quantitative estimate of drug-likeness (QED) is 0.172. The number of rotatable bonds is 9. The normalized spacial score (nSPS) is 11.9. The summed E-state index contributed by atoms with van der Waals surface area (Å²) in [6.45, 7) is 10.3. The second-order valence-electron chi connectivity index (χ2n) is 10.7. The smallest absolute Gasteiger partial charge is 0.307 e. The summed E-state index contributed by atoms with van der Waals surface area (Å²) < 4.78 is 13.8.